The molecular formula is C27H30N2. The predicted molar refractivity (Wildman–Crippen MR) is 132 cm³/mol. The van der Waals surface area contributed by atoms with Gasteiger partial charge in [0.1, 0.15) is 0 Å². The highest BCUT2D eigenvalue weighted by atomic mass is 14.3. The molecule has 0 rings (SSSR count). The lowest BCUT2D eigenvalue weighted by atomic mass is 10.3. The number of hydrogen-bond acceptors (Lipinski definition) is 2. The first-order valence-corrected chi connectivity index (χ1v) is 9.39. The van der Waals surface area contributed by atoms with Crippen molar-refractivity contribution in [2.75, 3.05) is 0 Å². The lowest BCUT2D eigenvalue weighted by molar-refractivity contribution is 1.44. The lowest BCUT2D eigenvalue weighted by Gasteiger charge is -1.76. The van der Waals surface area contributed by atoms with Gasteiger partial charge in [-0.1, -0.05) is 140 Å². The highest BCUT2D eigenvalue weighted by molar-refractivity contribution is 5.68. The van der Waals surface area contributed by atoms with E-state index in [4.69, 9.17) is 10.8 Å². The maximum atomic E-state index is 6.89. The van der Waals surface area contributed by atoms with E-state index in [9.17, 15) is 0 Å². The zero-order valence-electron chi connectivity index (χ0n) is 16.7. The fourth-order valence-corrected chi connectivity index (χ4v) is 1.63. The molecule has 0 amide bonds. The van der Waals surface area contributed by atoms with Gasteiger partial charge in [-0.3, -0.25) is 0 Å². The summed E-state index contributed by atoms with van der Waals surface area (Å²) in [6, 6.07) is 0. The quantitative estimate of drug-likeness (QED) is 0.233. The van der Waals surface area contributed by atoms with Gasteiger partial charge in [0.05, 0.1) is 0 Å². The van der Waals surface area contributed by atoms with Gasteiger partial charge in [0.2, 0.25) is 0 Å². The molecule has 0 aliphatic carbocycles. The summed E-state index contributed by atoms with van der Waals surface area (Å²) in [6.07, 6.45) is 49.8. The van der Waals surface area contributed by atoms with Gasteiger partial charge in [-0.05, 0) is 12.3 Å². The molecular weight excluding hydrogens is 352 g/mol. The second-order valence-corrected chi connectivity index (χ2v) is 5.27. The van der Waals surface area contributed by atoms with Crippen LogP contribution in [0, 0.1) is 10.8 Å². The minimum atomic E-state index is 0.678. The van der Waals surface area contributed by atoms with Crippen LogP contribution in [0.2, 0.25) is 0 Å². The smallest absolute Gasteiger partial charge is 0.0177 e. The molecule has 0 saturated heterocycles. The molecule has 0 atom stereocenters. The van der Waals surface area contributed by atoms with E-state index in [2.05, 4.69) is 0 Å². The summed E-state index contributed by atoms with van der Waals surface area (Å²) in [6.45, 7) is 0. The normalized spacial score (nSPS) is 14.3. The summed E-state index contributed by atoms with van der Waals surface area (Å²) in [5.41, 5.74) is 0. The highest BCUT2D eigenvalue weighted by Crippen LogP contribution is 1.87. The Morgan fingerprint density at radius 1 is 0.310 bits per heavy atom. The van der Waals surface area contributed by atoms with Crippen LogP contribution in [0.3, 0.4) is 0 Å². The summed E-state index contributed by atoms with van der Waals surface area (Å²) in [5, 5.41) is 13.7. The van der Waals surface area contributed by atoms with Gasteiger partial charge in [-0.2, -0.15) is 0 Å². The Labute approximate surface area is 175 Å². The molecule has 2 nitrogen and oxygen atoms in total. The summed E-state index contributed by atoms with van der Waals surface area (Å²) < 4.78 is 0. The average molecular weight is 383 g/mol. The van der Waals surface area contributed by atoms with Crippen molar-refractivity contribution >= 4 is 12.4 Å². The molecule has 0 aromatic rings. The van der Waals surface area contributed by atoms with Gasteiger partial charge in [-0.25, -0.2) is 0 Å². The van der Waals surface area contributed by atoms with E-state index in [0.29, 0.717) is 6.42 Å². The SMILES string of the molecule is N=C/C=C/C=C/C=C/C=C/C=C/C=C/C=C/C=C/C=C/C=C/C=C/C=C/CC=N. The molecule has 0 unspecified atom stereocenters. The van der Waals surface area contributed by atoms with Crippen LogP contribution in [0.4, 0.5) is 0 Å². The van der Waals surface area contributed by atoms with Gasteiger partial charge in [0, 0.05) is 12.6 Å². The third-order valence-electron chi connectivity index (χ3n) is 2.93. The Morgan fingerprint density at radius 3 is 0.793 bits per heavy atom. The van der Waals surface area contributed by atoms with Crippen molar-refractivity contribution in [3.63, 3.8) is 0 Å². The summed E-state index contributed by atoms with van der Waals surface area (Å²) in [7, 11) is 0. The molecule has 0 aromatic heterocycles. The number of nitrogens with one attached hydrogen (secondary N) is 2. The van der Waals surface area contributed by atoms with Crippen molar-refractivity contribution in [3.05, 3.63) is 146 Å². The Kier molecular flexibility index (Phi) is 21.1. The summed E-state index contributed by atoms with van der Waals surface area (Å²) >= 11 is 0. The van der Waals surface area contributed by atoms with Crippen molar-refractivity contribution in [1.29, 1.82) is 10.8 Å². The Balaban J connectivity index is 3.94. The van der Waals surface area contributed by atoms with E-state index < -0.39 is 0 Å². The van der Waals surface area contributed by atoms with Crippen LogP contribution in [-0.4, -0.2) is 12.4 Å². The third kappa shape index (κ3) is 24.2. The number of rotatable bonds is 14. The molecule has 0 heterocycles. The molecule has 0 aliphatic heterocycles. The molecule has 0 spiro atoms. The standard InChI is InChI=1S/C27H30N2/c28-26-24-22-20-18-16-14-12-10-8-6-4-2-1-3-5-7-9-11-13-15-17-19-21-23-25-27-29/h1-24,26-29H,25H2/b3-1+,4-2+,7-5+,8-6+,11-9+,12-10+,15-13+,16-14+,19-17+,20-18+,23-21+,24-22+,28-26?,29-27?. The first-order chi connectivity index (χ1) is 14.4. The van der Waals surface area contributed by atoms with Crippen molar-refractivity contribution in [2.24, 2.45) is 0 Å². The molecule has 29 heavy (non-hydrogen) atoms. The first kappa shape index (κ1) is 25.2. The van der Waals surface area contributed by atoms with Crippen LogP contribution in [0.1, 0.15) is 6.42 Å². The van der Waals surface area contributed by atoms with E-state index in [0.717, 1.165) is 0 Å². The molecule has 0 fully saturated rings. The second-order valence-electron chi connectivity index (χ2n) is 5.27. The summed E-state index contributed by atoms with van der Waals surface area (Å²) in [4.78, 5) is 0. The van der Waals surface area contributed by atoms with Crippen LogP contribution in [0.5, 0.6) is 0 Å². The minimum Gasteiger partial charge on any atom is -0.313 e. The van der Waals surface area contributed by atoms with Gasteiger partial charge < -0.3 is 10.8 Å². The van der Waals surface area contributed by atoms with Gasteiger partial charge in [-0.15, -0.1) is 0 Å². The van der Waals surface area contributed by atoms with E-state index in [1.807, 2.05) is 140 Å². The molecule has 0 saturated carbocycles. The van der Waals surface area contributed by atoms with E-state index in [1.54, 1.807) is 6.08 Å². The number of hydrogen-bond donors (Lipinski definition) is 2. The first-order valence-electron chi connectivity index (χ1n) is 9.39. The molecule has 2 heteroatoms. The molecule has 0 aromatic carbocycles. The molecule has 2 N–H and O–H groups in total. The summed E-state index contributed by atoms with van der Waals surface area (Å²) in [5.74, 6) is 0. The maximum absolute atomic E-state index is 6.89. The predicted octanol–water partition coefficient (Wildman–Crippen LogP) is 7.35. The minimum absolute atomic E-state index is 0.678. The Hall–Kier alpha value is -3.78. The molecule has 0 bridgehead atoms. The van der Waals surface area contributed by atoms with Gasteiger partial charge in [0.25, 0.3) is 0 Å². The lowest BCUT2D eigenvalue weighted by Crippen LogP contribution is -1.61. The average Bonchev–Trinajstić information content (AvgIpc) is 2.74. The topological polar surface area (TPSA) is 47.7 Å². The fourth-order valence-electron chi connectivity index (χ4n) is 1.63. The molecule has 148 valence electrons. The Morgan fingerprint density at radius 2 is 0.552 bits per heavy atom. The van der Waals surface area contributed by atoms with Crippen LogP contribution in [0.25, 0.3) is 0 Å². The van der Waals surface area contributed by atoms with E-state index in [1.165, 1.54) is 12.4 Å². The van der Waals surface area contributed by atoms with Crippen molar-refractivity contribution in [2.45, 2.75) is 6.42 Å². The van der Waals surface area contributed by atoms with Gasteiger partial charge in [0.15, 0.2) is 0 Å². The zero-order valence-corrected chi connectivity index (χ0v) is 16.7. The van der Waals surface area contributed by atoms with Crippen molar-refractivity contribution < 1.29 is 0 Å². The van der Waals surface area contributed by atoms with Crippen LogP contribution in [0.15, 0.2) is 146 Å². The van der Waals surface area contributed by atoms with E-state index >= 15 is 0 Å². The molecule has 0 radical (unpaired) electrons. The zero-order chi connectivity index (χ0) is 21.1. The van der Waals surface area contributed by atoms with Crippen molar-refractivity contribution in [3.8, 4) is 0 Å². The highest BCUT2D eigenvalue weighted by Gasteiger charge is 1.67. The number of allylic oxidation sites excluding steroid dienone is 24. The van der Waals surface area contributed by atoms with Crippen molar-refractivity contribution in [1.82, 2.24) is 0 Å². The largest absolute Gasteiger partial charge is 0.313 e. The van der Waals surface area contributed by atoms with Gasteiger partial charge >= 0.3 is 0 Å². The van der Waals surface area contributed by atoms with Crippen LogP contribution in [-0.2, 0) is 0 Å². The van der Waals surface area contributed by atoms with E-state index in [-0.39, 0.29) is 0 Å². The Bertz CT molecular complexity index is 771. The third-order valence-corrected chi connectivity index (χ3v) is 2.93. The second kappa shape index (κ2) is 24.2. The van der Waals surface area contributed by atoms with Crippen LogP contribution >= 0.6 is 0 Å². The monoisotopic (exact) mass is 382 g/mol. The fraction of sp³-hybridized carbons (Fsp3) is 0.0370. The van der Waals surface area contributed by atoms with Crippen LogP contribution < -0.4 is 0 Å². The molecule has 0 aliphatic rings. The maximum Gasteiger partial charge on any atom is 0.0177 e.